The van der Waals surface area contributed by atoms with Crippen molar-refractivity contribution in [3.63, 3.8) is 0 Å². The summed E-state index contributed by atoms with van der Waals surface area (Å²) in [6.07, 6.45) is 12.6. The van der Waals surface area contributed by atoms with Gasteiger partial charge in [0.1, 0.15) is 30.0 Å². The topological polar surface area (TPSA) is 138 Å². The maximum atomic E-state index is 12.7. The van der Waals surface area contributed by atoms with Crippen LogP contribution in [0, 0.1) is 46.3 Å². The first-order chi connectivity index (χ1) is 23.2. The van der Waals surface area contributed by atoms with Gasteiger partial charge in [0.15, 0.2) is 6.29 Å². The predicted octanol–water partition coefficient (Wildman–Crippen LogP) is 6.50. The van der Waals surface area contributed by atoms with E-state index in [1.807, 2.05) is 0 Å². The normalized spacial score (nSPS) is 42.5. The van der Waals surface area contributed by atoms with E-state index in [9.17, 15) is 25.2 Å². The molecule has 1 amide bonds. The highest BCUT2D eigenvalue weighted by Crippen LogP contribution is 2.67. The fourth-order valence-corrected chi connectivity index (χ4v) is 11.1. The lowest BCUT2D eigenvalue weighted by molar-refractivity contribution is -0.333. The average molecular weight is 692 g/mol. The molecule has 9 unspecified atom stereocenters. The van der Waals surface area contributed by atoms with Gasteiger partial charge < -0.3 is 40.0 Å². The number of carbonyl (C=O) groups excluding carboxylic acids is 1. The molecule has 282 valence electrons. The second-order valence-corrected chi connectivity index (χ2v) is 17.8. The minimum absolute atomic E-state index is 0.0684. The van der Waals surface area contributed by atoms with Crippen LogP contribution in [0.15, 0.2) is 11.6 Å². The molecule has 0 aromatic rings. The summed E-state index contributed by atoms with van der Waals surface area (Å²) in [5, 5.41) is 42.9. The van der Waals surface area contributed by atoms with Gasteiger partial charge in [-0.15, -0.1) is 0 Å². The maximum absolute atomic E-state index is 12.7. The highest BCUT2D eigenvalue weighted by molar-refractivity contribution is 5.67. The molecule has 9 nitrogen and oxygen atoms in total. The number of rotatable bonds is 14. The number of amides is 1. The summed E-state index contributed by atoms with van der Waals surface area (Å²) >= 11 is 0. The molecule has 5 N–H and O–H groups in total. The van der Waals surface area contributed by atoms with Crippen LogP contribution in [0.2, 0.25) is 0 Å². The summed E-state index contributed by atoms with van der Waals surface area (Å²) in [6.45, 7) is 14.2. The molecule has 0 aromatic carbocycles. The standard InChI is InChI=1S/C40H69NO8/c1-25(2)11-10-12-26(3)30-15-16-31-29-14-13-27-23-28(17-19-38(27,4)32(29)18-20-39(30,31)5)48-37(46)41-21-8-7-9-22-47-36-34(44)33(43)35(45)40(6,24-42)49-36/h13,25-26,28-36,42-45H,7-12,14-24H2,1-6H3,(H,41,46)/t26?,28?,29?,30?,31?,32?,33?,34?,35-,36-,38-,39+,40?/m0/s1. The van der Waals surface area contributed by atoms with Crippen molar-refractivity contribution >= 4 is 6.09 Å². The minimum atomic E-state index is -1.47. The van der Waals surface area contributed by atoms with Crippen molar-refractivity contribution in [2.24, 2.45) is 46.3 Å². The first-order valence-electron chi connectivity index (χ1n) is 19.8. The van der Waals surface area contributed by atoms with Gasteiger partial charge >= 0.3 is 6.09 Å². The maximum Gasteiger partial charge on any atom is 0.407 e. The van der Waals surface area contributed by atoms with E-state index >= 15 is 0 Å². The zero-order chi connectivity index (χ0) is 35.6. The molecular formula is C40H69NO8. The van der Waals surface area contributed by atoms with Crippen molar-refractivity contribution in [2.45, 2.75) is 168 Å². The molecule has 3 saturated carbocycles. The number of carbonyl (C=O) groups is 1. The van der Waals surface area contributed by atoms with Gasteiger partial charge in [0.05, 0.1) is 6.61 Å². The Morgan fingerprint density at radius 2 is 1.73 bits per heavy atom. The van der Waals surface area contributed by atoms with Gasteiger partial charge in [-0.1, -0.05) is 65.5 Å². The molecule has 0 spiro atoms. The largest absolute Gasteiger partial charge is 0.446 e. The molecule has 0 bridgehead atoms. The van der Waals surface area contributed by atoms with Gasteiger partial charge in [0.2, 0.25) is 0 Å². The van der Waals surface area contributed by atoms with Crippen LogP contribution in [-0.4, -0.2) is 82.6 Å². The quantitative estimate of drug-likeness (QED) is 0.103. The first-order valence-corrected chi connectivity index (χ1v) is 19.8. The molecule has 5 rings (SSSR count). The summed E-state index contributed by atoms with van der Waals surface area (Å²) in [7, 11) is 0. The third-order valence-corrected chi connectivity index (χ3v) is 14.2. The van der Waals surface area contributed by atoms with Crippen LogP contribution in [-0.2, 0) is 14.2 Å². The Morgan fingerprint density at radius 3 is 2.47 bits per heavy atom. The first kappa shape index (κ1) is 39.0. The Morgan fingerprint density at radius 1 is 0.959 bits per heavy atom. The third-order valence-electron chi connectivity index (χ3n) is 14.2. The lowest BCUT2D eigenvalue weighted by Crippen LogP contribution is -2.65. The number of hydrogen-bond acceptors (Lipinski definition) is 8. The summed E-state index contributed by atoms with van der Waals surface area (Å²) in [5.41, 5.74) is 0.848. The number of nitrogens with one attached hydrogen (secondary N) is 1. The minimum Gasteiger partial charge on any atom is -0.446 e. The van der Waals surface area contributed by atoms with Crippen LogP contribution >= 0.6 is 0 Å². The highest BCUT2D eigenvalue weighted by atomic mass is 16.7. The molecule has 0 radical (unpaired) electrons. The van der Waals surface area contributed by atoms with Gasteiger partial charge in [-0.2, -0.15) is 0 Å². The number of allylic oxidation sites excluding steroid dienone is 1. The monoisotopic (exact) mass is 692 g/mol. The number of ether oxygens (including phenoxy) is 3. The Kier molecular flexibility index (Phi) is 12.9. The third kappa shape index (κ3) is 8.22. The Bertz CT molecular complexity index is 1130. The van der Waals surface area contributed by atoms with E-state index in [1.165, 1.54) is 63.9 Å². The van der Waals surface area contributed by atoms with E-state index in [0.29, 0.717) is 18.4 Å². The molecule has 1 saturated heterocycles. The van der Waals surface area contributed by atoms with Crippen molar-refractivity contribution < 1.29 is 39.4 Å². The number of alkyl carbamates (subject to hydrolysis) is 1. The van der Waals surface area contributed by atoms with Gasteiger partial charge in [-0.05, 0) is 117 Å². The Balaban J connectivity index is 1.02. The Hall–Kier alpha value is -1.23. The van der Waals surface area contributed by atoms with Crippen LogP contribution in [0.25, 0.3) is 0 Å². The van der Waals surface area contributed by atoms with Crippen molar-refractivity contribution in [2.75, 3.05) is 19.8 Å². The van der Waals surface area contributed by atoms with Crippen molar-refractivity contribution in [1.82, 2.24) is 5.32 Å². The van der Waals surface area contributed by atoms with E-state index in [4.69, 9.17) is 14.2 Å². The van der Waals surface area contributed by atoms with E-state index < -0.39 is 36.8 Å². The van der Waals surface area contributed by atoms with Crippen LogP contribution in [0.5, 0.6) is 0 Å². The van der Waals surface area contributed by atoms with Gasteiger partial charge in [0.25, 0.3) is 0 Å². The molecule has 13 atom stereocenters. The van der Waals surface area contributed by atoms with Gasteiger partial charge in [-0.25, -0.2) is 4.79 Å². The molecule has 9 heteroatoms. The summed E-state index contributed by atoms with van der Waals surface area (Å²) in [5.74, 6) is 4.91. The molecule has 4 aliphatic carbocycles. The number of hydrogen-bond donors (Lipinski definition) is 5. The second-order valence-electron chi connectivity index (χ2n) is 17.8. The molecule has 49 heavy (non-hydrogen) atoms. The van der Waals surface area contributed by atoms with Crippen molar-refractivity contribution in [1.29, 1.82) is 0 Å². The molecule has 1 aliphatic heterocycles. The summed E-state index contributed by atoms with van der Waals surface area (Å²) in [6, 6.07) is 0. The SMILES string of the molecule is CC(C)CCCC(C)C1CCC2C3CC=C4CC(OC(=O)NCCCCCO[C@H]5OC(C)(CO)[C@@H](O)C(O)C5O)CC[C@]4(C)C3CC[C@]12C. The van der Waals surface area contributed by atoms with Crippen molar-refractivity contribution in [3.8, 4) is 0 Å². The molecular weight excluding hydrogens is 622 g/mol. The zero-order valence-electron chi connectivity index (χ0n) is 31.4. The van der Waals surface area contributed by atoms with Crippen molar-refractivity contribution in [3.05, 3.63) is 11.6 Å². The lowest BCUT2D eigenvalue weighted by Gasteiger charge is -2.58. The molecule has 1 heterocycles. The molecule has 0 aromatic heterocycles. The number of fused-ring (bicyclic) bond motifs is 5. The fourth-order valence-electron chi connectivity index (χ4n) is 11.1. The van der Waals surface area contributed by atoms with Gasteiger partial charge in [0, 0.05) is 19.6 Å². The van der Waals surface area contributed by atoms with Crippen LogP contribution in [0.4, 0.5) is 4.79 Å². The number of aliphatic hydroxyl groups excluding tert-OH is 4. The second kappa shape index (κ2) is 16.2. The molecule has 4 fully saturated rings. The average Bonchev–Trinajstić information content (AvgIpc) is 3.43. The van der Waals surface area contributed by atoms with E-state index in [-0.39, 0.29) is 24.2 Å². The highest BCUT2D eigenvalue weighted by Gasteiger charge is 2.59. The van der Waals surface area contributed by atoms with E-state index in [0.717, 1.165) is 67.6 Å². The lowest BCUT2D eigenvalue weighted by atomic mass is 9.47. The van der Waals surface area contributed by atoms with E-state index in [1.54, 1.807) is 0 Å². The summed E-state index contributed by atoms with van der Waals surface area (Å²) in [4.78, 5) is 12.7. The molecule has 5 aliphatic rings. The number of unbranched alkanes of at least 4 members (excludes halogenated alkanes) is 2. The van der Waals surface area contributed by atoms with Gasteiger partial charge in [-0.3, -0.25) is 0 Å². The fraction of sp³-hybridized carbons (Fsp3) is 0.925. The zero-order valence-corrected chi connectivity index (χ0v) is 31.4. The Labute approximate surface area is 295 Å². The smallest absolute Gasteiger partial charge is 0.407 e. The van der Waals surface area contributed by atoms with Crippen LogP contribution in [0.1, 0.15) is 131 Å². The van der Waals surface area contributed by atoms with E-state index in [2.05, 4.69) is 46.0 Å². The van der Waals surface area contributed by atoms with Crippen LogP contribution in [0.3, 0.4) is 0 Å². The summed E-state index contributed by atoms with van der Waals surface area (Å²) < 4.78 is 17.1. The number of aliphatic hydroxyl groups is 4. The predicted molar refractivity (Wildman–Crippen MR) is 190 cm³/mol. The van der Waals surface area contributed by atoms with Crippen LogP contribution < -0.4 is 5.32 Å².